The van der Waals surface area contributed by atoms with Gasteiger partial charge >= 0.3 is 0 Å². The molecule has 1 atom stereocenters. The lowest BCUT2D eigenvalue weighted by Gasteiger charge is -2.22. The van der Waals surface area contributed by atoms with Gasteiger partial charge in [-0.05, 0) is 37.0 Å². The van der Waals surface area contributed by atoms with Crippen molar-refractivity contribution in [1.29, 1.82) is 0 Å². The highest BCUT2D eigenvalue weighted by Gasteiger charge is 2.27. The fourth-order valence-corrected chi connectivity index (χ4v) is 4.33. The first-order valence-corrected chi connectivity index (χ1v) is 11.3. The van der Waals surface area contributed by atoms with Gasteiger partial charge in [-0.1, -0.05) is 48.5 Å². The smallest absolute Gasteiger partial charge is 0.248 e. The van der Waals surface area contributed by atoms with Gasteiger partial charge in [0.15, 0.2) is 5.96 Å². The molecule has 1 N–H and O–H groups in total. The second-order valence-electron chi connectivity index (χ2n) is 8.20. The number of halogens is 1. The third-order valence-electron chi connectivity index (χ3n) is 5.94. The Hall–Kier alpha value is -2.13. The molecule has 0 bridgehead atoms. The molecule has 1 unspecified atom stereocenters. The van der Waals surface area contributed by atoms with Crippen LogP contribution in [0.25, 0.3) is 0 Å². The van der Waals surface area contributed by atoms with Crippen LogP contribution in [0.2, 0.25) is 0 Å². The van der Waals surface area contributed by atoms with E-state index in [0.29, 0.717) is 12.5 Å². The maximum absolute atomic E-state index is 12.8. The summed E-state index contributed by atoms with van der Waals surface area (Å²) in [6, 6.07) is 18.4. The standard InChI is InChI=1S/C25H32N4O2.HI/c1-2-26-25(27-16-24(30)29-15-13-22-10-6-7-11-23(22)29)28-14-12-21(17-28)19-31-18-20-8-4-3-5-9-20;/h3-11,21H,2,12-19H2,1H3,(H,26,27);1H. The number of guanidine groups is 1. The van der Waals surface area contributed by atoms with Crippen LogP contribution in [0.4, 0.5) is 5.69 Å². The van der Waals surface area contributed by atoms with Gasteiger partial charge in [0.1, 0.15) is 6.54 Å². The van der Waals surface area contributed by atoms with Gasteiger partial charge in [0.25, 0.3) is 0 Å². The topological polar surface area (TPSA) is 57.2 Å². The average molecular weight is 548 g/mol. The highest BCUT2D eigenvalue weighted by atomic mass is 127. The number of nitrogens with zero attached hydrogens (tertiary/aromatic N) is 3. The molecule has 0 radical (unpaired) electrons. The van der Waals surface area contributed by atoms with E-state index in [1.54, 1.807) is 0 Å². The van der Waals surface area contributed by atoms with Crippen LogP contribution in [0.3, 0.4) is 0 Å². The van der Waals surface area contributed by atoms with E-state index in [4.69, 9.17) is 4.74 Å². The summed E-state index contributed by atoms with van der Waals surface area (Å²) in [4.78, 5) is 21.6. The predicted octanol–water partition coefficient (Wildman–Crippen LogP) is 3.70. The summed E-state index contributed by atoms with van der Waals surface area (Å²) in [6.07, 6.45) is 2.00. The maximum Gasteiger partial charge on any atom is 0.248 e. The van der Waals surface area contributed by atoms with Gasteiger partial charge in [-0.2, -0.15) is 0 Å². The molecule has 0 saturated carbocycles. The molecular formula is C25H33IN4O2. The summed E-state index contributed by atoms with van der Waals surface area (Å²) >= 11 is 0. The first-order valence-electron chi connectivity index (χ1n) is 11.3. The molecule has 1 fully saturated rings. The summed E-state index contributed by atoms with van der Waals surface area (Å²) in [6.45, 7) is 6.99. The largest absolute Gasteiger partial charge is 0.376 e. The van der Waals surface area contributed by atoms with Crippen LogP contribution in [-0.2, 0) is 22.6 Å². The van der Waals surface area contributed by atoms with Crippen molar-refractivity contribution in [2.75, 3.05) is 44.2 Å². The van der Waals surface area contributed by atoms with E-state index >= 15 is 0 Å². The Morgan fingerprint density at radius 2 is 1.91 bits per heavy atom. The Balaban J connectivity index is 0.00000289. The number of likely N-dealkylation sites (tertiary alicyclic amines) is 1. The SMILES string of the molecule is CCNC(=NCC(=O)N1CCc2ccccc21)N1CCC(COCc2ccccc2)C1.I. The Bertz CT molecular complexity index is 906. The van der Waals surface area contributed by atoms with Crippen molar-refractivity contribution in [3.05, 3.63) is 65.7 Å². The second-order valence-corrected chi connectivity index (χ2v) is 8.20. The lowest BCUT2D eigenvalue weighted by atomic mass is 10.1. The van der Waals surface area contributed by atoms with E-state index < -0.39 is 0 Å². The first-order chi connectivity index (χ1) is 15.2. The summed E-state index contributed by atoms with van der Waals surface area (Å²) in [7, 11) is 0. The van der Waals surface area contributed by atoms with Crippen LogP contribution >= 0.6 is 24.0 Å². The van der Waals surface area contributed by atoms with Gasteiger partial charge in [-0.25, -0.2) is 4.99 Å². The second kappa shape index (κ2) is 12.2. The molecule has 1 saturated heterocycles. The molecule has 1 amide bonds. The van der Waals surface area contributed by atoms with Crippen molar-refractivity contribution in [3.8, 4) is 0 Å². The lowest BCUT2D eigenvalue weighted by Crippen LogP contribution is -2.41. The Morgan fingerprint density at radius 1 is 1.12 bits per heavy atom. The van der Waals surface area contributed by atoms with Crippen molar-refractivity contribution < 1.29 is 9.53 Å². The third-order valence-corrected chi connectivity index (χ3v) is 5.94. The number of hydrogen-bond donors (Lipinski definition) is 1. The predicted molar refractivity (Wildman–Crippen MR) is 140 cm³/mol. The molecule has 32 heavy (non-hydrogen) atoms. The summed E-state index contributed by atoms with van der Waals surface area (Å²) in [5.41, 5.74) is 3.48. The van der Waals surface area contributed by atoms with Crippen LogP contribution in [0.15, 0.2) is 59.6 Å². The minimum Gasteiger partial charge on any atom is -0.376 e. The molecular weight excluding hydrogens is 515 g/mol. The van der Waals surface area contributed by atoms with Crippen molar-refractivity contribution >= 4 is 41.5 Å². The quantitative estimate of drug-likeness (QED) is 0.326. The maximum atomic E-state index is 12.8. The molecule has 4 rings (SSSR count). The molecule has 172 valence electrons. The number of hydrogen-bond acceptors (Lipinski definition) is 3. The monoisotopic (exact) mass is 548 g/mol. The van der Waals surface area contributed by atoms with E-state index in [-0.39, 0.29) is 36.4 Å². The third kappa shape index (κ3) is 6.22. The number of anilines is 1. The van der Waals surface area contributed by atoms with Gasteiger partial charge in [-0.3, -0.25) is 4.79 Å². The van der Waals surface area contributed by atoms with Crippen LogP contribution in [-0.4, -0.2) is 56.1 Å². The summed E-state index contributed by atoms with van der Waals surface area (Å²) < 4.78 is 5.94. The van der Waals surface area contributed by atoms with Gasteiger partial charge in [0, 0.05) is 37.8 Å². The van der Waals surface area contributed by atoms with E-state index in [9.17, 15) is 4.79 Å². The number of amides is 1. The van der Waals surface area contributed by atoms with Gasteiger partial charge < -0.3 is 19.9 Å². The number of ether oxygens (including phenoxy) is 1. The molecule has 2 aliphatic rings. The van der Waals surface area contributed by atoms with E-state index in [1.807, 2.05) is 41.3 Å². The number of carbonyl (C=O) groups excluding carboxylic acids is 1. The molecule has 7 heteroatoms. The number of carbonyl (C=O) groups is 1. The molecule has 2 aliphatic heterocycles. The molecule has 0 aromatic heterocycles. The van der Waals surface area contributed by atoms with Crippen molar-refractivity contribution in [3.63, 3.8) is 0 Å². The summed E-state index contributed by atoms with van der Waals surface area (Å²) in [5.74, 6) is 1.37. The molecule has 2 heterocycles. The minimum absolute atomic E-state index is 0. The van der Waals surface area contributed by atoms with E-state index in [0.717, 1.165) is 57.3 Å². The van der Waals surface area contributed by atoms with Crippen molar-refractivity contribution in [2.45, 2.75) is 26.4 Å². The average Bonchev–Trinajstić information content (AvgIpc) is 3.44. The van der Waals surface area contributed by atoms with Crippen LogP contribution in [0.5, 0.6) is 0 Å². The number of para-hydroxylation sites is 1. The Kier molecular flexibility index (Phi) is 9.35. The zero-order valence-corrected chi connectivity index (χ0v) is 21.0. The number of nitrogens with one attached hydrogen (secondary N) is 1. The molecule has 0 aliphatic carbocycles. The molecule has 6 nitrogen and oxygen atoms in total. The fraction of sp³-hybridized carbons (Fsp3) is 0.440. The minimum atomic E-state index is 0. The van der Waals surface area contributed by atoms with Crippen LogP contribution < -0.4 is 10.2 Å². The van der Waals surface area contributed by atoms with Gasteiger partial charge in [0.2, 0.25) is 5.91 Å². The lowest BCUT2D eigenvalue weighted by molar-refractivity contribution is -0.117. The van der Waals surface area contributed by atoms with Crippen molar-refractivity contribution in [1.82, 2.24) is 10.2 Å². The Labute approximate surface area is 208 Å². The van der Waals surface area contributed by atoms with Gasteiger partial charge in [-0.15, -0.1) is 24.0 Å². The summed E-state index contributed by atoms with van der Waals surface area (Å²) in [5, 5.41) is 3.36. The number of aliphatic imine (C=N–C) groups is 1. The normalized spacial score (nSPS) is 17.8. The number of rotatable bonds is 7. The van der Waals surface area contributed by atoms with Crippen molar-refractivity contribution in [2.24, 2.45) is 10.9 Å². The molecule has 2 aromatic rings. The van der Waals surface area contributed by atoms with Gasteiger partial charge in [0.05, 0.1) is 13.2 Å². The number of benzene rings is 2. The molecule has 0 spiro atoms. The Morgan fingerprint density at radius 3 is 2.72 bits per heavy atom. The first kappa shape index (κ1) is 24.5. The highest BCUT2D eigenvalue weighted by Crippen LogP contribution is 2.27. The van der Waals surface area contributed by atoms with Crippen LogP contribution in [0.1, 0.15) is 24.5 Å². The molecule has 2 aromatic carbocycles. The highest BCUT2D eigenvalue weighted by molar-refractivity contribution is 14.0. The van der Waals surface area contributed by atoms with E-state index in [2.05, 4.69) is 40.3 Å². The zero-order valence-electron chi connectivity index (χ0n) is 18.7. The number of fused-ring (bicyclic) bond motifs is 1. The van der Waals surface area contributed by atoms with Crippen LogP contribution in [0, 0.1) is 5.92 Å². The fourth-order valence-electron chi connectivity index (χ4n) is 4.33. The zero-order chi connectivity index (χ0) is 21.5. The van der Waals surface area contributed by atoms with E-state index in [1.165, 1.54) is 11.1 Å².